The number of nitrogens with zero attached hydrogens (tertiary/aromatic N) is 1. The zero-order valence-corrected chi connectivity index (χ0v) is 19.0. The fourth-order valence-electron chi connectivity index (χ4n) is 4.20. The number of rotatable bonds is 4. The number of phenolic OH excluding ortho intramolecular Hbond substituents is 1. The minimum Gasteiger partial charge on any atom is -0.507 e. The summed E-state index contributed by atoms with van der Waals surface area (Å²) in [6.07, 6.45) is 7.87. The van der Waals surface area contributed by atoms with Gasteiger partial charge < -0.3 is 9.84 Å². The van der Waals surface area contributed by atoms with Crippen LogP contribution in [0.15, 0.2) is 36.5 Å². The Balaban J connectivity index is 2.13. The Morgan fingerprint density at radius 3 is 2.00 bits per heavy atom. The van der Waals surface area contributed by atoms with E-state index in [1.807, 2.05) is 24.4 Å². The fourth-order valence-corrected chi connectivity index (χ4v) is 4.20. The average Bonchev–Trinajstić information content (AvgIpc) is 2.66. The summed E-state index contributed by atoms with van der Waals surface area (Å²) < 4.78 is 6.69. The van der Waals surface area contributed by atoms with E-state index in [4.69, 9.17) is 4.74 Å². The van der Waals surface area contributed by atoms with Crippen LogP contribution in [0.3, 0.4) is 0 Å². The van der Waals surface area contributed by atoms with Gasteiger partial charge in [-0.25, -0.2) is 0 Å². The lowest BCUT2D eigenvalue weighted by Gasteiger charge is -2.32. The first-order chi connectivity index (χ1) is 13.6. The van der Waals surface area contributed by atoms with Crippen molar-refractivity contribution in [1.82, 2.24) is 4.98 Å². The first-order valence-corrected chi connectivity index (χ1v) is 11.0. The highest BCUT2D eigenvalue weighted by molar-refractivity contribution is 5.51. The van der Waals surface area contributed by atoms with E-state index in [1.165, 1.54) is 19.3 Å². The van der Waals surface area contributed by atoms with Gasteiger partial charge in [0, 0.05) is 6.20 Å². The number of hydrogen-bond acceptors (Lipinski definition) is 3. The van der Waals surface area contributed by atoms with Crippen LogP contribution in [0.1, 0.15) is 102 Å². The summed E-state index contributed by atoms with van der Waals surface area (Å²) in [7, 11) is 0. The summed E-state index contributed by atoms with van der Waals surface area (Å²) in [6.45, 7) is 12.9. The molecule has 1 heterocycles. The van der Waals surface area contributed by atoms with Gasteiger partial charge in [0.2, 0.25) is 0 Å². The van der Waals surface area contributed by atoms with E-state index >= 15 is 0 Å². The van der Waals surface area contributed by atoms with E-state index < -0.39 is 0 Å². The predicted octanol–water partition coefficient (Wildman–Crippen LogP) is 6.82. The summed E-state index contributed by atoms with van der Waals surface area (Å²) in [6, 6.07) is 10.3. The van der Waals surface area contributed by atoms with Crippen molar-refractivity contribution in [2.75, 3.05) is 0 Å². The molecule has 1 aliphatic carbocycles. The molecule has 1 aliphatic rings. The van der Waals surface area contributed by atoms with E-state index in [0.717, 1.165) is 35.2 Å². The van der Waals surface area contributed by atoms with Crippen LogP contribution in [0.5, 0.6) is 5.75 Å². The van der Waals surface area contributed by atoms with Crippen molar-refractivity contribution in [2.45, 2.75) is 96.7 Å². The first-order valence-electron chi connectivity index (χ1n) is 11.0. The lowest BCUT2D eigenvalue weighted by atomic mass is 9.77. The second-order valence-electron chi connectivity index (χ2n) is 10.5. The second-order valence-corrected chi connectivity index (χ2v) is 10.5. The second kappa shape index (κ2) is 8.47. The van der Waals surface area contributed by atoms with Gasteiger partial charge in [0.1, 0.15) is 11.9 Å². The molecule has 29 heavy (non-hydrogen) atoms. The number of pyridine rings is 1. The Hall–Kier alpha value is -1.87. The molecule has 3 heteroatoms. The SMILES string of the molecule is CC(C)(C)c1cc(C(OC2CCCCC2)c2ccccn2)cc(C(C)(C)C)c1O. The number of hydrogen-bond donors (Lipinski definition) is 1. The quantitative estimate of drug-likeness (QED) is 0.617. The Morgan fingerprint density at radius 2 is 1.52 bits per heavy atom. The van der Waals surface area contributed by atoms with Crippen LogP contribution < -0.4 is 0 Å². The molecule has 1 N–H and O–H groups in total. The lowest BCUT2D eigenvalue weighted by Crippen LogP contribution is -2.23. The van der Waals surface area contributed by atoms with Crippen LogP contribution in [-0.2, 0) is 15.6 Å². The van der Waals surface area contributed by atoms with Crippen LogP contribution in [-0.4, -0.2) is 16.2 Å². The smallest absolute Gasteiger partial charge is 0.125 e. The molecule has 158 valence electrons. The number of phenols is 1. The monoisotopic (exact) mass is 395 g/mol. The highest BCUT2D eigenvalue weighted by Crippen LogP contribution is 2.42. The van der Waals surface area contributed by atoms with Crippen molar-refractivity contribution in [1.29, 1.82) is 0 Å². The van der Waals surface area contributed by atoms with Crippen molar-refractivity contribution in [3.8, 4) is 5.75 Å². The molecule has 0 spiro atoms. The largest absolute Gasteiger partial charge is 0.507 e. The van der Waals surface area contributed by atoms with Gasteiger partial charge in [-0.1, -0.05) is 66.9 Å². The maximum atomic E-state index is 11.1. The van der Waals surface area contributed by atoms with Crippen molar-refractivity contribution in [3.05, 3.63) is 58.9 Å². The maximum absolute atomic E-state index is 11.1. The van der Waals surface area contributed by atoms with Gasteiger partial charge in [0.15, 0.2) is 0 Å². The predicted molar refractivity (Wildman–Crippen MR) is 120 cm³/mol. The highest BCUT2D eigenvalue weighted by atomic mass is 16.5. The Bertz CT molecular complexity index is 774. The third-order valence-corrected chi connectivity index (χ3v) is 5.89. The number of benzene rings is 1. The molecule has 1 atom stereocenters. The molecule has 1 unspecified atom stereocenters. The van der Waals surface area contributed by atoms with Crippen LogP contribution in [0, 0.1) is 0 Å². The van der Waals surface area contributed by atoms with Crippen LogP contribution in [0.2, 0.25) is 0 Å². The zero-order valence-electron chi connectivity index (χ0n) is 19.0. The van der Waals surface area contributed by atoms with E-state index in [2.05, 4.69) is 58.7 Å². The van der Waals surface area contributed by atoms with Crippen molar-refractivity contribution >= 4 is 0 Å². The van der Waals surface area contributed by atoms with Gasteiger partial charge in [-0.05, 0) is 64.6 Å². The van der Waals surface area contributed by atoms with Gasteiger partial charge >= 0.3 is 0 Å². The van der Waals surface area contributed by atoms with Gasteiger partial charge in [0.25, 0.3) is 0 Å². The number of aromatic hydroxyl groups is 1. The normalized spacial score (nSPS) is 17.3. The Labute approximate surface area is 176 Å². The molecule has 0 aliphatic heterocycles. The molecule has 1 aromatic carbocycles. The minimum absolute atomic E-state index is 0.167. The first kappa shape index (κ1) is 21.8. The van der Waals surface area contributed by atoms with E-state index in [9.17, 15) is 5.11 Å². The molecular formula is C26H37NO2. The Morgan fingerprint density at radius 1 is 0.931 bits per heavy atom. The third kappa shape index (κ3) is 5.19. The zero-order chi connectivity index (χ0) is 21.2. The van der Waals surface area contributed by atoms with Crippen molar-refractivity contribution < 1.29 is 9.84 Å². The van der Waals surface area contributed by atoms with E-state index in [1.54, 1.807) is 0 Å². The molecule has 0 saturated heterocycles. The molecule has 0 amide bonds. The van der Waals surface area contributed by atoms with E-state index in [-0.39, 0.29) is 23.0 Å². The topological polar surface area (TPSA) is 42.4 Å². The van der Waals surface area contributed by atoms with Gasteiger partial charge in [-0.15, -0.1) is 0 Å². The van der Waals surface area contributed by atoms with Crippen LogP contribution in [0.4, 0.5) is 0 Å². The molecular weight excluding hydrogens is 358 g/mol. The molecule has 0 radical (unpaired) electrons. The standard InChI is InChI=1S/C26H37NO2/c1-25(2,3)20-16-18(17-21(23(20)28)26(4,5)6)24(22-14-10-11-15-27-22)29-19-12-8-7-9-13-19/h10-11,14-17,19,24,28H,7-9,12-13H2,1-6H3. The van der Waals surface area contributed by atoms with E-state index in [0.29, 0.717) is 5.75 Å². The van der Waals surface area contributed by atoms with Crippen molar-refractivity contribution in [3.63, 3.8) is 0 Å². The minimum atomic E-state index is -0.220. The molecule has 0 bridgehead atoms. The molecule has 1 saturated carbocycles. The molecule has 3 nitrogen and oxygen atoms in total. The summed E-state index contributed by atoms with van der Waals surface area (Å²) in [4.78, 5) is 4.64. The summed E-state index contributed by atoms with van der Waals surface area (Å²) in [5.74, 6) is 0.409. The van der Waals surface area contributed by atoms with Gasteiger partial charge in [-0.3, -0.25) is 4.98 Å². The van der Waals surface area contributed by atoms with Gasteiger partial charge in [-0.2, -0.15) is 0 Å². The molecule has 3 rings (SSSR count). The number of aromatic nitrogens is 1. The summed E-state index contributed by atoms with van der Waals surface area (Å²) >= 11 is 0. The molecule has 1 fully saturated rings. The van der Waals surface area contributed by atoms with Crippen molar-refractivity contribution in [2.24, 2.45) is 0 Å². The maximum Gasteiger partial charge on any atom is 0.125 e. The number of ether oxygens (including phenoxy) is 1. The Kier molecular flexibility index (Phi) is 6.38. The summed E-state index contributed by atoms with van der Waals surface area (Å²) in [5.41, 5.74) is 3.62. The third-order valence-electron chi connectivity index (χ3n) is 5.89. The van der Waals surface area contributed by atoms with Crippen LogP contribution >= 0.6 is 0 Å². The van der Waals surface area contributed by atoms with Gasteiger partial charge in [0.05, 0.1) is 11.8 Å². The highest BCUT2D eigenvalue weighted by Gasteiger charge is 2.30. The fraction of sp³-hybridized carbons (Fsp3) is 0.577. The average molecular weight is 396 g/mol. The molecule has 2 aromatic rings. The van der Waals surface area contributed by atoms with Crippen LogP contribution in [0.25, 0.3) is 0 Å². The lowest BCUT2D eigenvalue weighted by molar-refractivity contribution is -0.0138. The summed E-state index contributed by atoms with van der Waals surface area (Å²) in [5, 5.41) is 11.1. The molecule has 1 aromatic heterocycles.